The highest BCUT2D eigenvalue weighted by atomic mass is 16.4. The third-order valence-electron chi connectivity index (χ3n) is 4.14. The lowest BCUT2D eigenvalue weighted by Gasteiger charge is -2.26. The Kier molecular flexibility index (Phi) is 7.79. The highest BCUT2D eigenvalue weighted by Crippen LogP contribution is 2.16. The molecule has 0 heterocycles. The lowest BCUT2D eigenvalue weighted by atomic mass is 10.1. The summed E-state index contributed by atoms with van der Waals surface area (Å²) in [5, 5.41) is 36.9. The minimum atomic E-state index is -1.08. The van der Waals surface area contributed by atoms with Crippen molar-refractivity contribution < 1.29 is 30.0 Å². The van der Waals surface area contributed by atoms with Gasteiger partial charge in [0.15, 0.2) is 0 Å². The normalized spacial score (nSPS) is 11.1. The van der Waals surface area contributed by atoms with Gasteiger partial charge in [-0.05, 0) is 35.4 Å². The number of carboxylic acids is 2. The van der Waals surface area contributed by atoms with Crippen LogP contribution in [0.1, 0.15) is 11.1 Å². The zero-order chi connectivity index (χ0) is 20.5. The summed E-state index contributed by atoms with van der Waals surface area (Å²) in [4.78, 5) is 25.4. The molecule has 150 valence electrons. The molecule has 8 heteroatoms. The molecule has 0 aromatic heterocycles. The van der Waals surface area contributed by atoms with Crippen LogP contribution in [0.5, 0.6) is 11.5 Å². The van der Waals surface area contributed by atoms with E-state index in [2.05, 4.69) is 4.90 Å². The van der Waals surface area contributed by atoms with Crippen LogP contribution in [0.25, 0.3) is 0 Å². The van der Waals surface area contributed by atoms with Gasteiger partial charge in [-0.3, -0.25) is 19.4 Å². The lowest BCUT2D eigenvalue weighted by Crippen LogP contribution is -2.40. The first-order chi connectivity index (χ1) is 13.3. The van der Waals surface area contributed by atoms with Gasteiger partial charge in [0.25, 0.3) is 0 Å². The number of aliphatic carboxylic acids is 2. The second-order valence-corrected chi connectivity index (χ2v) is 6.54. The van der Waals surface area contributed by atoms with Crippen molar-refractivity contribution in [1.82, 2.24) is 9.80 Å². The van der Waals surface area contributed by atoms with Crippen LogP contribution in [0, 0.1) is 0 Å². The van der Waals surface area contributed by atoms with E-state index in [0.717, 1.165) is 11.1 Å². The maximum absolute atomic E-state index is 11.0. The summed E-state index contributed by atoms with van der Waals surface area (Å²) in [6.45, 7) is 1.10. The quantitative estimate of drug-likeness (QED) is 0.458. The van der Waals surface area contributed by atoms with Crippen LogP contribution in [-0.2, 0) is 22.7 Å². The Balaban J connectivity index is 2.08. The van der Waals surface area contributed by atoms with Gasteiger partial charge < -0.3 is 20.4 Å². The van der Waals surface area contributed by atoms with Gasteiger partial charge >= 0.3 is 11.9 Å². The van der Waals surface area contributed by atoms with Crippen molar-refractivity contribution in [1.29, 1.82) is 0 Å². The van der Waals surface area contributed by atoms with Crippen LogP contribution in [-0.4, -0.2) is 68.3 Å². The average Bonchev–Trinajstić information content (AvgIpc) is 2.62. The summed E-state index contributed by atoms with van der Waals surface area (Å²) >= 11 is 0. The van der Waals surface area contributed by atoms with Crippen molar-refractivity contribution in [3.63, 3.8) is 0 Å². The first-order valence-electron chi connectivity index (χ1n) is 8.76. The summed E-state index contributed by atoms with van der Waals surface area (Å²) in [6.07, 6.45) is 0. The number of carboxylic acid groups (broad SMARTS) is 2. The van der Waals surface area contributed by atoms with Crippen molar-refractivity contribution >= 4 is 11.9 Å². The van der Waals surface area contributed by atoms with E-state index in [1.807, 2.05) is 0 Å². The third-order valence-corrected chi connectivity index (χ3v) is 4.14. The number of hydrogen-bond donors (Lipinski definition) is 4. The van der Waals surface area contributed by atoms with Crippen molar-refractivity contribution in [3.05, 3.63) is 59.7 Å². The van der Waals surface area contributed by atoms with Gasteiger partial charge in [-0.2, -0.15) is 0 Å². The zero-order valence-corrected chi connectivity index (χ0v) is 15.4. The molecule has 28 heavy (non-hydrogen) atoms. The molecule has 2 aromatic carbocycles. The molecule has 0 aliphatic heterocycles. The van der Waals surface area contributed by atoms with Gasteiger partial charge in [0, 0.05) is 26.2 Å². The predicted molar refractivity (Wildman–Crippen MR) is 102 cm³/mol. The summed E-state index contributed by atoms with van der Waals surface area (Å²) < 4.78 is 0. The van der Waals surface area contributed by atoms with Crippen molar-refractivity contribution in [2.45, 2.75) is 13.1 Å². The first-order valence-corrected chi connectivity index (χ1v) is 8.76. The number of rotatable bonds is 11. The smallest absolute Gasteiger partial charge is 0.317 e. The lowest BCUT2D eigenvalue weighted by molar-refractivity contribution is -0.141. The molecule has 0 radical (unpaired) electrons. The Morgan fingerprint density at radius 3 is 1.36 bits per heavy atom. The van der Waals surface area contributed by atoms with E-state index < -0.39 is 11.9 Å². The molecule has 0 aliphatic carbocycles. The largest absolute Gasteiger partial charge is 0.508 e. The standard InChI is InChI=1S/C20H24N2O6/c23-17-5-1-15(2-6-17)11-21(12-16-3-7-18(24)8-4-16)9-10-22(13-19(25)26)14-20(27)28/h1-8,23-24H,9-14H2,(H,25,26)(H,27,28). The number of benzene rings is 2. The van der Waals surface area contributed by atoms with E-state index >= 15 is 0 Å². The molecule has 0 fully saturated rings. The molecular weight excluding hydrogens is 364 g/mol. The molecule has 0 amide bonds. The summed E-state index contributed by atoms with van der Waals surface area (Å²) in [6, 6.07) is 13.6. The van der Waals surface area contributed by atoms with Crippen LogP contribution >= 0.6 is 0 Å². The fourth-order valence-electron chi connectivity index (χ4n) is 2.81. The van der Waals surface area contributed by atoms with E-state index in [4.69, 9.17) is 10.2 Å². The van der Waals surface area contributed by atoms with Gasteiger partial charge in [-0.15, -0.1) is 0 Å². The van der Waals surface area contributed by atoms with Crippen molar-refractivity contribution in [3.8, 4) is 11.5 Å². The zero-order valence-electron chi connectivity index (χ0n) is 15.4. The van der Waals surface area contributed by atoms with Crippen LogP contribution in [0.3, 0.4) is 0 Å². The van der Waals surface area contributed by atoms with Crippen LogP contribution < -0.4 is 0 Å². The fraction of sp³-hybridized carbons (Fsp3) is 0.300. The molecule has 0 spiro atoms. The highest BCUT2D eigenvalue weighted by Gasteiger charge is 2.16. The maximum Gasteiger partial charge on any atom is 0.317 e. The Hall–Kier alpha value is -3.10. The number of phenolic OH excluding ortho intramolecular Hbond substituents is 2. The predicted octanol–water partition coefficient (Wildman–Crippen LogP) is 1.57. The molecule has 8 nitrogen and oxygen atoms in total. The van der Waals surface area contributed by atoms with Gasteiger partial charge in [-0.25, -0.2) is 0 Å². The Labute approximate surface area is 162 Å². The number of nitrogens with zero attached hydrogens (tertiary/aromatic N) is 2. The molecule has 2 aromatic rings. The minimum Gasteiger partial charge on any atom is -0.508 e. The number of aromatic hydroxyl groups is 2. The molecular formula is C20H24N2O6. The van der Waals surface area contributed by atoms with Crippen molar-refractivity contribution in [2.75, 3.05) is 26.2 Å². The molecule has 0 bridgehead atoms. The fourth-order valence-corrected chi connectivity index (χ4v) is 2.81. The summed E-state index contributed by atoms with van der Waals surface area (Å²) in [7, 11) is 0. The molecule has 4 N–H and O–H groups in total. The molecule has 0 unspecified atom stereocenters. The minimum absolute atomic E-state index is 0.169. The SMILES string of the molecule is O=C(O)CN(CCN(Cc1ccc(O)cc1)Cc1ccc(O)cc1)CC(=O)O. The van der Waals surface area contributed by atoms with E-state index in [-0.39, 0.29) is 31.1 Å². The Bertz CT molecular complexity index is 713. The van der Waals surface area contributed by atoms with E-state index in [0.29, 0.717) is 19.6 Å². The number of hydrogen-bond acceptors (Lipinski definition) is 6. The van der Waals surface area contributed by atoms with Gasteiger partial charge in [-0.1, -0.05) is 24.3 Å². The molecule has 0 aliphatic rings. The van der Waals surface area contributed by atoms with Gasteiger partial charge in [0.2, 0.25) is 0 Å². The first kappa shape index (κ1) is 21.2. The third kappa shape index (κ3) is 7.65. The van der Waals surface area contributed by atoms with Gasteiger partial charge in [0.1, 0.15) is 11.5 Å². The van der Waals surface area contributed by atoms with E-state index in [1.54, 1.807) is 48.5 Å². The van der Waals surface area contributed by atoms with Crippen LogP contribution in [0.15, 0.2) is 48.5 Å². The number of carbonyl (C=O) groups is 2. The molecule has 2 rings (SSSR count). The van der Waals surface area contributed by atoms with Crippen LogP contribution in [0.4, 0.5) is 0 Å². The topological polar surface area (TPSA) is 122 Å². The second kappa shape index (κ2) is 10.3. The van der Waals surface area contributed by atoms with Crippen molar-refractivity contribution in [2.24, 2.45) is 0 Å². The Morgan fingerprint density at radius 2 is 1.00 bits per heavy atom. The van der Waals surface area contributed by atoms with E-state index in [9.17, 15) is 19.8 Å². The molecule has 0 saturated carbocycles. The average molecular weight is 388 g/mol. The molecule has 0 atom stereocenters. The maximum atomic E-state index is 11.0. The highest BCUT2D eigenvalue weighted by molar-refractivity contribution is 5.72. The van der Waals surface area contributed by atoms with E-state index in [1.165, 1.54) is 4.90 Å². The number of phenols is 2. The monoisotopic (exact) mass is 388 g/mol. The van der Waals surface area contributed by atoms with Gasteiger partial charge in [0.05, 0.1) is 13.1 Å². The summed E-state index contributed by atoms with van der Waals surface area (Å²) in [5.74, 6) is -1.82. The second-order valence-electron chi connectivity index (χ2n) is 6.54. The van der Waals surface area contributed by atoms with Crippen LogP contribution in [0.2, 0.25) is 0 Å². The Morgan fingerprint density at radius 1 is 0.643 bits per heavy atom. The summed E-state index contributed by atoms with van der Waals surface area (Å²) in [5.41, 5.74) is 1.92. The molecule has 0 saturated heterocycles.